The predicted octanol–water partition coefficient (Wildman–Crippen LogP) is 2.53. The van der Waals surface area contributed by atoms with Gasteiger partial charge >= 0.3 is 11.9 Å². The number of carbonyl (C=O) groups excluding carboxylic acids is 2. The molecule has 0 atom stereocenters. The van der Waals surface area contributed by atoms with Crippen molar-refractivity contribution in [3.05, 3.63) is 59.2 Å². The van der Waals surface area contributed by atoms with E-state index < -0.39 is 28.9 Å². The third-order valence-corrected chi connectivity index (χ3v) is 4.21. The van der Waals surface area contributed by atoms with Crippen molar-refractivity contribution in [2.45, 2.75) is 32.0 Å². The van der Waals surface area contributed by atoms with E-state index >= 15 is 0 Å². The Morgan fingerprint density at radius 2 is 1.44 bits per heavy atom. The molecule has 1 heterocycles. The number of cyclic esters (lactones) is 2. The Bertz CT molecular complexity index is 810. The van der Waals surface area contributed by atoms with Gasteiger partial charge in [0.05, 0.1) is 0 Å². The largest absolute Gasteiger partial charge is 0.504 e. The van der Waals surface area contributed by atoms with Crippen LogP contribution in [0.15, 0.2) is 42.5 Å². The van der Waals surface area contributed by atoms with Crippen LogP contribution in [0.2, 0.25) is 0 Å². The average Bonchev–Trinajstić information content (AvgIpc) is 2.52. The van der Waals surface area contributed by atoms with Crippen molar-refractivity contribution in [3.8, 4) is 11.5 Å². The van der Waals surface area contributed by atoms with E-state index in [-0.39, 0.29) is 11.3 Å². The van der Waals surface area contributed by atoms with Crippen LogP contribution in [0.4, 0.5) is 0 Å². The summed E-state index contributed by atoms with van der Waals surface area (Å²) < 4.78 is 10.7. The van der Waals surface area contributed by atoms with Gasteiger partial charge in [-0.1, -0.05) is 36.4 Å². The van der Waals surface area contributed by atoms with Gasteiger partial charge in [-0.05, 0) is 29.7 Å². The van der Waals surface area contributed by atoms with Crippen molar-refractivity contribution in [3.63, 3.8) is 0 Å². The third-order valence-electron chi connectivity index (χ3n) is 4.21. The zero-order valence-corrected chi connectivity index (χ0v) is 14.1. The molecule has 25 heavy (non-hydrogen) atoms. The van der Waals surface area contributed by atoms with Gasteiger partial charge < -0.3 is 19.7 Å². The Kier molecular flexibility index (Phi) is 3.71. The van der Waals surface area contributed by atoms with Crippen molar-refractivity contribution in [1.29, 1.82) is 0 Å². The van der Waals surface area contributed by atoms with Gasteiger partial charge in [0.15, 0.2) is 11.5 Å². The molecule has 1 aliphatic rings. The Morgan fingerprint density at radius 3 is 1.96 bits per heavy atom. The maximum atomic E-state index is 13.0. The van der Waals surface area contributed by atoms with Crippen LogP contribution in [0.3, 0.4) is 0 Å². The summed E-state index contributed by atoms with van der Waals surface area (Å²) in [6.45, 7) is 4.50. The lowest BCUT2D eigenvalue weighted by Crippen LogP contribution is -2.57. The smallest absolute Gasteiger partial charge is 0.335 e. The topological polar surface area (TPSA) is 93.1 Å². The number of phenols is 2. The first-order valence-corrected chi connectivity index (χ1v) is 7.74. The SMILES string of the molecule is Cc1cc(C2(c3ccccc3)C(=O)OC(C)(C)OC2=O)cc(O)c1O. The molecule has 130 valence electrons. The molecule has 0 saturated carbocycles. The number of phenolic OH excluding ortho intramolecular Hbond substituents is 2. The highest BCUT2D eigenvalue weighted by molar-refractivity contribution is 6.11. The Labute approximate surface area is 144 Å². The molecule has 6 heteroatoms. The van der Waals surface area contributed by atoms with E-state index in [9.17, 15) is 19.8 Å². The molecular weight excluding hydrogens is 324 g/mol. The van der Waals surface area contributed by atoms with Crippen LogP contribution >= 0.6 is 0 Å². The minimum atomic E-state index is -1.88. The van der Waals surface area contributed by atoms with Crippen LogP contribution in [0, 0.1) is 6.92 Å². The number of hydrogen-bond donors (Lipinski definition) is 2. The van der Waals surface area contributed by atoms with Crippen molar-refractivity contribution in [2.75, 3.05) is 0 Å². The molecule has 6 nitrogen and oxygen atoms in total. The van der Waals surface area contributed by atoms with Gasteiger partial charge in [0, 0.05) is 13.8 Å². The number of aryl methyl sites for hydroxylation is 1. The first-order chi connectivity index (χ1) is 11.7. The zero-order chi connectivity index (χ0) is 18.4. The van der Waals surface area contributed by atoms with E-state index in [4.69, 9.17) is 9.47 Å². The summed E-state index contributed by atoms with van der Waals surface area (Å²) >= 11 is 0. The van der Waals surface area contributed by atoms with E-state index in [0.717, 1.165) is 0 Å². The van der Waals surface area contributed by atoms with E-state index in [2.05, 4.69) is 0 Å². The van der Waals surface area contributed by atoms with E-state index in [1.807, 2.05) is 0 Å². The summed E-state index contributed by atoms with van der Waals surface area (Å²) in [5.41, 5.74) is -1.05. The predicted molar refractivity (Wildman–Crippen MR) is 88.0 cm³/mol. The van der Waals surface area contributed by atoms with Gasteiger partial charge in [-0.3, -0.25) is 0 Å². The number of hydrogen-bond acceptors (Lipinski definition) is 6. The second-order valence-electron chi connectivity index (χ2n) is 6.46. The number of esters is 2. The molecule has 3 rings (SSSR count). The Hall–Kier alpha value is -3.02. The molecule has 1 fully saturated rings. The fraction of sp³-hybridized carbons (Fsp3) is 0.263. The lowest BCUT2D eigenvalue weighted by atomic mass is 9.73. The lowest BCUT2D eigenvalue weighted by Gasteiger charge is -2.40. The van der Waals surface area contributed by atoms with E-state index in [1.165, 1.54) is 26.0 Å². The van der Waals surface area contributed by atoms with Gasteiger partial charge in [-0.2, -0.15) is 0 Å². The number of ether oxygens (including phenoxy) is 2. The molecule has 1 aliphatic heterocycles. The molecule has 0 aromatic heterocycles. The summed E-state index contributed by atoms with van der Waals surface area (Å²) in [6.07, 6.45) is 0. The summed E-state index contributed by atoms with van der Waals surface area (Å²) in [5.74, 6) is -3.74. The van der Waals surface area contributed by atoms with E-state index in [0.29, 0.717) is 11.1 Å². The molecule has 0 aliphatic carbocycles. The molecule has 0 unspecified atom stereocenters. The lowest BCUT2D eigenvalue weighted by molar-refractivity contribution is -0.240. The quantitative estimate of drug-likeness (QED) is 0.495. The summed E-state index contributed by atoms with van der Waals surface area (Å²) in [5, 5.41) is 19.8. The Morgan fingerprint density at radius 1 is 0.880 bits per heavy atom. The second kappa shape index (κ2) is 5.51. The molecule has 1 saturated heterocycles. The van der Waals surface area contributed by atoms with Crippen LogP contribution in [-0.4, -0.2) is 27.9 Å². The van der Waals surface area contributed by atoms with Crippen molar-refractivity contribution in [2.24, 2.45) is 0 Å². The van der Waals surface area contributed by atoms with Crippen molar-refractivity contribution in [1.82, 2.24) is 0 Å². The number of carbonyl (C=O) groups is 2. The number of aromatic hydroxyl groups is 2. The standard InChI is InChI=1S/C19H18O6/c1-11-9-13(10-14(20)15(11)21)19(12-7-5-4-6-8-12)16(22)24-18(2,3)25-17(19)23/h4-10,20-21H,1-3H3. The number of benzene rings is 2. The average molecular weight is 342 g/mol. The molecule has 0 radical (unpaired) electrons. The van der Waals surface area contributed by atoms with Gasteiger partial charge in [0.2, 0.25) is 5.41 Å². The second-order valence-corrected chi connectivity index (χ2v) is 6.46. The summed E-state index contributed by atoms with van der Waals surface area (Å²) in [7, 11) is 0. The first kappa shape index (κ1) is 16.8. The maximum Gasteiger partial charge on any atom is 0.335 e. The van der Waals surface area contributed by atoms with Gasteiger partial charge in [0.1, 0.15) is 0 Å². The monoisotopic (exact) mass is 342 g/mol. The minimum Gasteiger partial charge on any atom is -0.504 e. The first-order valence-electron chi connectivity index (χ1n) is 7.74. The number of rotatable bonds is 2. The van der Waals surface area contributed by atoms with Gasteiger partial charge in [-0.15, -0.1) is 0 Å². The molecule has 0 amide bonds. The van der Waals surface area contributed by atoms with Gasteiger partial charge in [-0.25, -0.2) is 9.59 Å². The van der Waals surface area contributed by atoms with Crippen molar-refractivity contribution < 1.29 is 29.3 Å². The molecule has 2 aromatic carbocycles. The van der Waals surface area contributed by atoms with Crippen molar-refractivity contribution >= 4 is 11.9 Å². The summed E-state index contributed by atoms with van der Waals surface area (Å²) in [4.78, 5) is 26.0. The zero-order valence-electron chi connectivity index (χ0n) is 14.1. The summed E-state index contributed by atoms with van der Waals surface area (Å²) in [6, 6.07) is 11.0. The highest BCUT2D eigenvalue weighted by Crippen LogP contribution is 2.44. The van der Waals surface area contributed by atoms with Crippen LogP contribution < -0.4 is 0 Å². The molecule has 0 spiro atoms. The molecule has 0 bridgehead atoms. The fourth-order valence-corrected chi connectivity index (χ4v) is 3.01. The molecular formula is C19H18O6. The highest BCUT2D eigenvalue weighted by atomic mass is 16.7. The Balaban J connectivity index is 2.32. The fourth-order valence-electron chi connectivity index (χ4n) is 3.01. The normalized spacial score (nSPS) is 18.4. The van der Waals surface area contributed by atoms with Gasteiger partial charge in [0.25, 0.3) is 5.79 Å². The van der Waals surface area contributed by atoms with E-state index in [1.54, 1.807) is 37.3 Å². The van der Waals surface area contributed by atoms with Crippen LogP contribution in [-0.2, 0) is 24.5 Å². The highest BCUT2D eigenvalue weighted by Gasteiger charge is 2.59. The molecule has 2 N–H and O–H groups in total. The van der Waals surface area contributed by atoms with Crippen LogP contribution in [0.25, 0.3) is 0 Å². The maximum absolute atomic E-state index is 13.0. The van der Waals surface area contributed by atoms with Crippen LogP contribution in [0.1, 0.15) is 30.5 Å². The molecule has 2 aromatic rings. The minimum absolute atomic E-state index is 0.164. The third kappa shape index (κ3) is 2.50. The van der Waals surface area contributed by atoms with Crippen LogP contribution in [0.5, 0.6) is 11.5 Å².